The third-order valence-corrected chi connectivity index (χ3v) is 5.20. The molecule has 2 aromatic carbocycles. The van der Waals surface area contributed by atoms with E-state index in [9.17, 15) is 18.0 Å². The van der Waals surface area contributed by atoms with Gasteiger partial charge in [0.1, 0.15) is 5.75 Å². The van der Waals surface area contributed by atoms with Gasteiger partial charge < -0.3 is 14.2 Å². The fourth-order valence-corrected chi connectivity index (χ4v) is 3.63. The van der Waals surface area contributed by atoms with Crippen LogP contribution in [0.25, 0.3) is 0 Å². The second kappa shape index (κ2) is 10.5. The maximum Gasteiger partial charge on any atom is 0.296 e. The average Bonchev–Trinajstić information content (AvgIpc) is 2.78. The molecular formula is C22H20BrF3N2O4. The Hall–Kier alpha value is -3.01. The van der Waals surface area contributed by atoms with Crippen molar-refractivity contribution in [3.8, 4) is 23.0 Å². The quantitative estimate of drug-likeness (QED) is 0.388. The number of nitrogens with zero attached hydrogens (tertiary/aromatic N) is 2. The minimum atomic E-state index is -2.77. The lowest BCUT2D eigenvalue weighted by Gasteiger charge is -2.16. The van der Waals surface area contributed by atoms with Crippen molar-refractivity contribution < 1.29 is 27.4 Å². The molecule has 170 valence electrons. The highest BCUT2D eigenvalue weighted by Crippen LogP contribution is 2.41. The Kier molecular flexibility index (Phi) is 7.79. The van der Waals surface area contributed by atoms with E-state index in [0.717, 1.165) is 11.6 Å². The number of alkyl halides is 3. The van der Waals surface area contributed by atoms with Crippen LogP contribution in [0.3, 0.4) is 0 Å². The number of hydrogen-bond donors (Lipinski definition) is 0. The first kappa shape index (κ1) is 23.6. The van der Waals surface area contributed by atoms with Crippen LogP contribution in [-0.4, -0.2) is 30.4 Å². The highest BCUT2D eigenvalue weighted by atomic mass is 79.9. The third-order valence-electron chi connectivity index (χ3n) is 4.61. The average molecular weight is 513 g/mol. The number of hydrogen-bond acceptors (Lipinski definition) is 5. The number of aryl methyl sites for hydroxylation is 1. The van der Waals surface area contributed by atoms with Gasteiger partial charge in [-0.1, -0.05) is 12.1 Å². The van der Waals surface area contributed by atoms with Crippen LogP contribution in [0.1, 0.15) is 23.2 Å². The Morgan fingerprint density at radius 3 is 2.41 bits per heavy atom. The van der Waals surface area contributed by atoms with Crippen LogP contribution >= 0.6 is 15.9 Å². The summed E-state index contributed by atoms with van der Waals surface area (Å²) in [6.45, 7) is -0.608. The van der Waals surface area contributed by atoms with E-state index < -0.39 is 18.7 Å². The molecule has 10 heteroatoms. The van der Waals surface area contributed by atoms with E-state index in [1.54, 1.807) is 31.4 Å². The number of benzene rings is 2. The van der Waals surface area contributed by atoms with Gasteiger partial charge in [-0.3, -0.25) is 13.8 Å². The summed E-state index contributed by atoms with van der Waals surface area (Å²) in [6.07, 6.45) is -1.65. The number of halogens is 4. The minimum Gasteiger partial charge on any atom is -0.497 e. The van der Waals surface area contributed by atoms with Gasteiger partial charge in [-0.15, -0.1) is 0 Å². The van der Waals surface area contributed by atoms with E-state index in [1.807, 2.05) is 0 Å². The Labute approximate surface area is 190 Å². The van der Waals surface area contributed by atoms with E-state index in [1.165, 1.54) is 24.1 Å². The molecule has 0 aliphatic carbocycles. The molecule has 0 aliphatic rings. The molecule has 1 heterocycles. The summed E-state index contributed by atoms with van der Waals surface area (Å²) in [5, 5.41) is 0. The predicted molar refractivity (Wildman–Crippen MR) is 116 cm³/mol. The van der Waals surface area contributed by atoms with Crippen molar-refractivity contribution in [1.29, 1.82) is 0 Å². The zero-order chi connectivity index (χ0) is 23.3. The molecule has 6 nitrogen and oxygen atoms in total. The predicted octanol–water partition coefficient (Wildman–Crippen LogP) is 5.31. The van der Waals surface area contributed by atoms with Gasteiger partial charge in [0.15, 0.2) is 11.5 Å². The molecule has 0 fully saturated rings. The maximum atomic E-state index is 13.3. The van der Waals surface area contributed by atoms with E-state index in [4.69, 9.17) is 14.2 Å². The molecule has 0 N–H and O–H groups in total. The van der Waals surface area contributed by atoms with E-state index >= 15 is 0 Å². The zero-order valence-electron chi connectivity index (χ0n) is 17.3. The van der Waals surface area contributed by atoms with Crippen molar-refractivity contribution >= 4 is 15.9 Å². The molecule has 32 heavy (non-hydrogen) atoms. The first-order valence-corrected chi connectivity index (χ1v) is 10.3. The summed E-state index contributed by atoms with van der Waals surface area (Å²) in [5.41, 5.74) is -0.0509. The smallest absolute Gasteiger partial charge is 0.296 e. The highest BCUT2D eigenvalue weighted by molar-refractivity contribution is 9.10. The molecule has 1 aromatic heterocycles. The zero-order valence-corrected chi connectivity index (χ0v) is 18.9. The van der Waals surface area contributed by atoms with Crippen LogP contribution < -0.4 is 19.8 Å². The Bertz CT molecular complexity index is 1140. The van der Waals surface area contributed by atoms with Crippen molar-refractivity contribution in [2.24, 2.45) is 0 Å². The first-order valence-electron chi connectivity index (χ1n) is 9.48. The molecule has 3 rings (SSSR count). The minimum absolute atomic E-state index is 0.0732. The molecular weight excluding hydrogens is 493 g/mol. The standard InChI is InChI=1S/C22H20BrF3N2O4/c1-30-15-5-3-13(4-6-15)11-28-12-27-17(7-8-24)20(22(28)29)32-18-10-14(21(25)26)9-16(23)19(18)31-2/h3-6,9-10,12,21H,7-8,11H2,1-2H3. The second-order valence-corrected chi connectivity index (χ2v) is 7.53. The van der Waals surface area contributed by atoms with Crippen molar-refractivity contribution in [3.05, 3.63) is 74.4 Å². The van der Waals surface area contributed by atoms with Crippen LogP contribution in [-0.2, 0) is 13.0 Å². The monoisotopic (exact) mass is 512 g/mol. The van der Waals surface area contributed by atoms with Crippen molar-refractivity contribution in [2.75, 3.05) is 20.9 Å². The fourth-order valence-electron chi connectivity index (χ4n) is 3.01. The van der Waals surface area contributed by atoms with Crippen LogP contribution in [0.15, 0.2) is 52.0 Å². The van der Waals surface area contributed by atoms with E-state index in [0.29, 0.717) is 5.75 Å². The van der Waals surface area contributed by atoms with Gasteiger partial charge >= 0.3 is 0 Å². The summed E-state index contributed by atoms with van der Waals surface area (Å²) in [4.78, 5) is 17.3. The molecule has 0 radical (unpaired) electrons. The Balaban J connectivity index is 2.05. The highest BCUT2D eigenvalue weighted by Gasteiger charge is 2.21. The Morgan fingerprint density at radius 1 is 1.09 bits per heavy atom. The summed E-state index contributed by atoms with van der Waals surface area (Å²) in [6, 6.07) is 9.35. The van der Waals surface area contributed by atoms with Gasteiger partial charge in [-0.2, -0.15) is 0 Å². The molecule has 3 aromatic rings. The van der Waals surface area contributed by atoms with Crippen molar-refractivity contribution in [3.63, 3.8) is 0 Å². The fraction of sp³-hybridized carbons (Fsp3) is 0.273. The molecule has 0 amide bonds. The van der Waals surface area contributed by atoms with Gasteiger partial charge in [0.05, 0.1) is 43.9 Å². The largest absolute Gasteiger partial charge is 0.497 e. The molecule has 0 aliphatic heterocycles. The molecule has 0 atom stereocenters. The SMILES string of the molecule is COc1ccc(Cn2cnc(CCF)c(Oc3cc(C(F)F)cc(Br)c3OC)c2=O)cc1. The van der Waals surface area contributed by atoms with Gasteiger partial charge in [-0.05, 0) is 45.8 Å². The normalized spacial score (nSPS) is 11.0. The lowest BCUT2D eigenvalue weighted by molar-refractivity contribution is 0.151. The lowest BCUT2D eigenvalue weighted by atomic mass is 10.2. The summed E-state index contributed by atoms with van der Waals surface area (Å²) < 4.78 is 57.3. The maximum absolute atomic E-state index is 13.3. The molecule has 0 bridgehead atoms. The van der Waals surface area contributed by atoms with Gasteiger partial charge in [0.2, 0.25) is 5.75 Å². The van der Waals surface area contributed by atoms with E-state index in [2.05, 4.69) is 20.9 Å². The first-order chi connectivity index (χ1) is 15.4. The van der Waals surface area contributed by atoms with Gasteiger partial charge in [0, 0.05) is 12.0 Å². The number of ether oxygens (including phenoxy) is 3. The molecule has 0 unspecified atom stereocenters. The van der Waals surface area contributed by atoms with Gasteiger partial charge in [0.25, 0.3) is 12.0 Å². The van der Waals surface area contributed by atoms with E-state index in [-0.39, 0.29) is 45.9 Å². The van der Waals surface area contributed by atoms with Crippen LogP contribution in [0.5, 0.6) is 23.0 Å². The molecule has 0 saturated carbocycles. The summed E-state index contributed by atoms with van der Waals surface area (Å²) in [7, 11) is 2.88. The number of aromatic nitrogens is 2. The third kappa shape index (κ3) is 5.24. The van der Waals surface area contributed by atoms with Crippen molar-refractivity contribution in [1.82, 2.24) is 9.55 Å². The topological polar surface area (TPSA) is 62.6 Å². The van der Waals surface area contributed by atoms with Crippen LogP contribution in [0, 0.1) is 0 Å². The number of rotatable bonds is 9. The molecule has 0 saturated heterocycles. The lowest BCUT2D eigenvalue weighted by Crippen LogP contribution is -2.24. The summed E-state index contributed by atoms with van der Waals surface area (Å²) >= 11 is 3.17. The Morgan fingerprint density at radius 2 is 1.81 bits per heavy atom. The summed E-state index contributed by atoms with van der Waals surface area (Å²) in [5.74, 6) is 0.414. The molecule has 0 spiro atoms. The number of methoxy groups -OCH3 is 2. The van der Waals surface area contributed by atoms with Crippen LogP contribution in [0.4, 0.5) is 13.2 Å². The second-order valence-electron chi connectivity index (χ2n) is 6.68. The van der Waals surface area contributed by atoms with Crippen LogP contribution in [0.2, 0.25) is 0 Å². The van der Waals surface area contributed by atoms with Gasteiger partial charge in [-0.25, -0.2) is 13.8 Å². The van der Waals surface area contributed by atoms with Crippen molar-refractivity contribution in [2.45, 2.75) is 19.4 Å².